The summed E-state index contributed by atoms with van der Waals surface area (Å²) < 4.78 is 7.81. The highest BCUT2D eigenvalue weighted by atomic mass is 16.5. The summed E-state index contributed by atoms with van der Waals surface area (Å²) >= 11 is 0. The quantitative estimate of drug-likeness (QED) is 0.260. The van der Waals surface area contributed by atoms with E-state index in [1.807, 2.05) is 37.7 Å². The Hall–Kier alpha value is -0.730. The topological polar surface area (TPSA) is 15.5 Å². The van der Waals surface area contributed by atoms with Gasteiger partial charge in [0.25, 0.3) is 0 Å². The average molecular weight is 271 g/mol. The summed E-state index contributed by atoms with van der Waals surface area (Å²) in [6.07, 6.45) is 12.2. The van der Waals surface area contributed by atoms with E-state index in [-0.39, 0.29) is 0 Å². The Morgan fingerprint density at radius 1 is 0.842 bits per heavy atom. The van der Waals surface area contributed by atoms with Crippen LogP contribution >= 0.6 is 0 Å². The lowest BCUT2D eigenvalue weighted by Gasteiger charge is -2.11. The highest BCUT2D eigenvalue weighted by Crippen LogP contribution is 2.09. The van der Waals surface area contributed by atoms with E-state index < -0.39 is 0 Å². The molecular formula is C16H35N2O+. The van der Waals surface area contributed by atoms with E-state index in [0.717, 1.165) is 12.6 Å². The lowest BCUT2D eigenvalue weighted by atomic mass is 10.1. The largest absolute Gasteiger partial charge is 0.445 e. The van der Waals surface area contributed by atoms with E-state index in [9.17, 15) is 0 Å². The highest BCUT2D eigenvalue weighted by Gasteiger charge is 2.12. The van der Waals surface area contributed by atoms with Crippen LogP contribution in [0.2, 0.25) is 0 Å². The van der Waals surface area contributed by atoms with Crippen molar-refractivity contribution in [2.24, 2.45) is 0 Å². The number of amidine groups is 1. The Morgan fingerprint density at radius 2 is 1.32 bits per heavy atom. The molecule has 3 nitrogen and oxygen atoms in total. The van der Waals surface area contributed by atoms with Crippen LogP contribution in [-0.2, 0) is 4.74 Å². The van der Waals surface area contributed by atoms with Crippen molar-refractivity contribution in [2.75, 3.05) is 34.8 Å². The Kier molecular flexibility index (Phi) is 11.8. The third-order valence-electron chi connectivity index (χ3n) is 3.24. The second-order valence-electron chi connectivity index (χ2n) is 5.75. The van der Waals surface area contributed by atoms with Crippen molar-refractivity contribution in [3.8, 4) is 0 Å². The molecule has 0 amide bonds. The van der Waals surface area contributed by atoms with Gasteiger partial charge in [-0.2, -0.15) is 0 Å². The molecule has 0 aliphatic heterocycles. The Morgan fingerprint density at radius 3 is 1.74 bits per heavy atom. The first-order chi connectivity index (χ1) is 9.09. The molecule has 0 atom stereocenters. The second kappa shape index (κ2) is 12.3. The summed E-state index contributed by atoms with van der Waals surface area (Å²) in [5.41, 5.74) is 0. The van der Waals surface area contributed by atoms with E-state index in [1.165, 1.54) is 57.8 Å². The predicted octanol–water partition coefficient (Wildman–Crippen LogP) is 3.72. The van der Waals surface area contributed by atoms with Gasteiger partial charge in [-0.25, -0.2) is 9.48 Å². The number of nitrogens with zero attached hydrogens (tertiary/aromatic N) is 2. The molecule has 0 radical (unpaired) electrons. The fourth-order valence-electron chi connectivity index (χ4n) is 2.23. The zero-order valence-corrected chi connectivity index (χ0v) is 13.9. The fourth-order valence-corrected chi connectivity index (χ4v) is 2.23. The molecule has 0 aliphatic carbocycles. The maximum atomic E-state index is 5.79. The molecule has 0 saturated heterocycles. The normalized spacial score (nSPS) is 10.4. The van der Waals surface area contributed by atoms with Crippen LogP contribution in [0.5, 0.6) is 0 Å². The molecule has 19 heavy (non-hydrogen) atoms. The molecule has 3 heteroatoms. The Labute approximate surface area is 120 Å². The minimum Gasteiger partial charge on any atom is -0.432 e. The van der Waals surface area contributed by atoms with Crippen LogP contribution in [0.15, 0.2) is 0 Å². The molecule has 0 aliphatic rings. The van der Waals surface area contributed by atoms with E-state index in [4.69, 9.17) is 4.74 Å². The van der Waals surface area contributed by atoms with Gasteiger partial charge < -0.3 is 4.74 Å². The zero-order valence-electron chi connectivity index (χ0n) is 13.9. The van der Waals surface area contributed by atoms with E-state index in [2.05, 4.69) is 6.92 Å². The molecule has 0 spiro atoms. The molecular weight excluding hydrogens is 236 g/mol. The standard InChI is InChI=1S/C16H35N2O/c1-6-7-8-9-10-11-12-13-14-15-19-16(17(2)3)18(4)5/h6-15H2,1-5H3/q+1. The summed E-state index contributed by atoms with van der Waals surface area (Å²) in [7, 11) is 8.08. The first kappa shape index (κ1) is 18.3. The van der Waals surface area contributed by atoms with Crippen LogP contribution < -0.4 is 0 Å². The lowest BCUT2D eigenvalue weighted by Crippen LogP contribution is -2.32. The summed E-state index contributed by atoms with van der Waals surface area (Å²) in [4.78, 5) is 2.02. The van der Waals surface area contributed by atoms with Crippen molar-refractivity contribution >= 4 is 6.02 Å². The third-order valence-corrected chi connectivity index (χ3v) is 3.24. The Balaban J connectivity index is 3.38. The van der Waals surface area contributed by atoms with Crippen LogP contribution in [0.4, 0.5) is 0 Å². The SMILES string of the molecule is CCCCCCCCCCCOC(N(C)C)=[N+](C)C. The number of hydrogen-bond donors (Lipinski definition) is 0. The number of hydrogen-bond acceptors (Lipinski definition) is 1. The summed E-state index contributed by atoms with van der Waals surface area (Å²) in [6, 6.07) is 0.944. The maximum Gasteiger partial charge on any atom is 0.445 e. The zero-order chi connectivity index (χ0) is 14.5. The number of unbranched alkanes of at least 4 members (excludes halogenated alkanes) is 8. The molecule has 0 bridgehead atoms. The molecule has 0 N–H and O–H groups in total. The van der Waals surface area contributed by atoms with E-state index in [0.29, 0.717) is 0 Å². The number of ether oxygens (including phenoxy) is 1. The van der Waals surface area contributed by atoms with E-state index in [1.54, 1.807) is 0 Å². The maximum absolute atomic E-state index is 5.79. The number of rotatable bonds is 10. The minimum absolute atomic E-state index is 0.835. The molecule has 0 unspecified atom stereocenters. The molecule has 0 rings (SSSR count). The molecule has 0 heterocycles. The van der Waals surface area contributed by atoms with Gasteiger partial charge in [-0.05, 0) is 6.42 Å². The smallest absolute Gasteiger partial charge is 0.432 e. The van der Waals surface area contributed by atoms with Gasteiger partial charge in [-0.1, -0.05) is 58.3 Å². The molecule has 0 aromatic carbocycles. The third kappa shape index (κ3) is 10.8. The molecule has 114 valence electrons. The van der Waals surface area contributed by atoms with Crippen molar-refractivity contribution in [3.63, 3.8) is 0 Å². The molecule has 0 fully saturated rings. The van der Waals surface area contributed by atoms with Crippen LogP contribution in [0.1, 0.15) is 64.7 Å². The highest BCUT2D eigenvalue weighted by molar-refractivity contribution is 5.67. The molecule has 0 aromatic rings. The summed E-state index contributed by atoms with van der Waals surface area (Å²) in [5.74, 6) is 0. The molecule has 0 saturated carbocycles. The van der Waals surface area contributed by atoms with Crippen LogP contribution in [0, 0.1) is 0 Å². The van der Waals surface area contributed by atoms with Crippen molar-refractivity contribution in [3.05, 3.63) is 0 Å². The van der Waals surface area contributed by atoms with Gasteiger partial charge in [0.1, 0.15) is 0 Å². The van der Waals surface area contributed by atoms with Gasteiger partial charge in [0.15, 0.2) is 0 Å². The summed E-state index contributed by atoms with van der Waals surface area (Å²) in [6.45, 7) is 3.11. The van der Waals surface area contributed by atoms with Gasteiger partial charge in [0.05, 0.1) is 34.8 Å². The van der Waals surface area contributed by atoms with Crippen molar-refractivity contribution in [1.29, 1.82) is 0 Å². The van der Waals surface area contributed by atoms with Crippen LogP contribution in [0.25, 0.3) is 0 Å². The van der Waals surface area contributed by atoms with Gasteiger partial charge in [0.2, 0.25) is 0 Å². The van der Waals surface area contributed by atoms with Crippen molar-refractivity contribution < 1.29 is 9.31 Å². The van der Waals surface area contributed by atoms with Crippen LogP contribution in [0.3, 0.4) is 0 Å². The van der Waals surface area contributed by atoms with Crippen molar-refractivity contribution in [1.82, 2.24) is 4.90 Å². The first-order valence-corrected chi connectivity index (χ1v) is 7.94. The lowest BCUT2D eigenvalue weighted by molar-refractivity contribution is -0.480. The minimum atomic E-state index is 0.835. The van der Waals surface area contributed by atoms with E-state index >= 15 is 0 Å². The van der Waals surface area contributed by atoms with Crippen molar-refractivity contribution in [2.45, 2.75) is 64.7 Å². The van der Waals surface area contributed by atoms with Gasteiger partial charge in [-0.3, -0.25) is 0 Å². The van der Waals surface area contributed by atoms with Gasteiger partial charge in [-0.15, -0.1) is 0 Å². The fraction of sp³-hybridized carbons (Fsp3) is 0.938. The average Bonchev–Trinajstić information content (AvgIpc) is 2.35. The molecule has 0 aromatic heterocycles. The Bertz CT molecular complexity index is 233. The monoisotopic (exact) mass is 271 g/mol. The van der Waals surface area contributed by atoms with Gasteiger partial charge in [0, 0.05) is 0 Å². The first-order valence-electron chi connectivity index (χ1n) is 7.94. The van der Waals surface area contributed by atoms with Gasteiger partial charge >= 0.3 is 6.02 Å². The summed E-state index contributed by atoms with van der Waals surface area (Å²) in [5, 5.41) is 0. The predicted molar refractivity (Wildman–Crippen MR) is 84.0 cm³/mol. The van der Waals surface area contributed by atoms with Crippen LogP contribution in [-0.4, -0.2) is 50.3 Å². The second-order valence-corrected chi connectivity index (χ2v) is 5.75.